The number of amides is 13. The van der Waals surface area contributed by atoms with Crippen LogP contribution in [0.4, 0.5) is 5.69 Å². The summed E-state index contributed by atoms with van der Waals surface area (Å²) < 4.78 is 0. The van der Waals surface area contributed by atoms with Gasteiger partial charge in [0.2, 0.25) is 59.1 Å². The summed E-state index contributed by atoms with van der Waals surface area (Å²) in [5, 5.41) is 15.9. The Labute approximate surface area is 433 Å². The highest BCUT2D eigenvalue weighted by molar-refractivity contribution is 6.28. The number of aryl methyl sites for hydroxylation is 1. The van der Waals surface area contributed by atoms with Crippen molar-refractivity contribution < 1.29 is 72.2 Å². The SMILES string of the molecule is C=C(CN(C)C(=O)CN(C)C(=O)CN(C)C(=O)CN(C)C(=O)CNC(=O)CNC(=O)CNC(=O)c1cc(N2C(=O)C=CC2=O)ccc1CC)N(C)CC(=O)N(C)CC(=O)N(C)CC(=O)N(C)CC(=O)N(C)CC(=O)O. The van der Waals surface area contributed by atoms with E-state index in [1.54, 1.807) is 20.0 Å². The number of rotatable bonds is 28. The number of benzene rings is 1. The molecular weight excluding hydrogens is 987 g/mol. The molecule has 0 atom stereocenters. The molecule has 410 valence electrons. The minimum absolute atomic E-state index is 0.0561. The van der Waals surface area contributed by atoms with Crippen molar-refractivity contribution in [3.05, 3.63) is 53.8 Å². The van der Waals surface area contributed by atoms with Crippen molar-refractivity contribution in [2.24, 2.45) is 0 Å². The van der Waals surface area contributed by atoms with Gasteiger partial charge in [0.15, 0.2) is 0 Å². The number of carbonyl (C=O) groups is 14. The Morgan fingerprint density at radius 2 is 0.800 bits per heavy atom. The molecule has 0 saturated heterocycles. The van der Waals surface area contributed by atoms with Crippen molar-refractivity contribution in [3.8, 4) is 0 Å². The Hall–Kier alpha value is -8.72. The van der Waals surface area contributed by atoms with Gasteiger partial charge >= 0.3 is 5.97 Å². The van der Waals surface area contributed by atoms with E-state index in [-0.39, 0.29) is 24.3 Å². The fraction of sp³-hybridized carbons (Fsp3) is 0.489. The van der Waals surface area contributed by atoms with Gasteiger partial charge in [-0.05, 0) is 24.1 Å². The predicted octanol–water partition coefficient (Wildman–Crippen LogP) is -5.16. The molecule has 1 aliphatic rings. The third kappa shape index (κ3) is 20.0. The van der Waals surface area contributed by atoms with E-state index < -0.39 is 148 Å². The normalized spacial score (nSPS) is 11.4. The monoisotopic (exact) mass is 1050 g/mol. The number of hydrogen-bond donors (Lipinski definition) is 4. The Balaban J connectivity index is 1.73. The molecule has 4 N–H and O–H groups in total. The largest absolute Gasteiger partial charge is 0.480 e. The van der Waals surface area contributed by atoms with Crippen LogP contribution in [0.3, 0.4) is 0 Å². The number of imide groups is 1. The van der Waals surface area contributed by atoms with Gasteiger partial charge in [-0.1, -0.05) is 19.6 Å². The molecule has 28 nitrogen and oxygen atoms in total. The summed E-state index contributed by atoms with van der Waals surface area (Å²) in [6, 6.07) is 4.48. The molecule has 1 aliphatic heterocycles. The number of aliphatic carboxylic acids is 1. The first-order chi connectivity index (χ1) is 35.0. The summed E-state index contributed by atoms with van der Waals surface area (Å²) in [6.07, 6.45) is 2.64. The second-order valence-corrected chi connectivity index (χ2v) is 17.6. The number of carboxylic acids is 1. The van der Waals surface area contributed by atoms with Crippen molar-refractivity contribution in [2.75, 3.05) is 147 Å². The zero-order valence-corrected chi connectivity index (χ0v) is 43.9. The van der Waals surface area contributed by atoms with Crippen LogP contribution in [-0.4, -0.2) is 274 Å². The number of nitrogens with one attached hydrogen (secondary N) is 3. The lowest BCUT2D eigenvalue weighted by Crippen LogP contribution is -2.48. The Kier molecular flexibility index (Phi) is 24.2. The van der Waals surface area contributed by atoms with E-state index in [1.165, 1.54) is 78.3 Å². The van der Waals surface area contributed by atoms with Crippen molar-refractivity contribution in [1.29, 1.82) is 0 Å². The molecule has 2 rings (SSSR count). The van der Waals surface area contributed by atoms with Gasteiger partial charge in [-0.25, -0.2) is 4.90 Å². The van der Waals surface area contributed by atoms with Crippen LogP contribution in [0.2, 0.25) is 0 Å². The second kappa shape index (κ2) is 29.1. The minimum atomic E-state index is -1.22. The van der Waals surface area contributed by atoms with Crippen LogP contribution in [-0.2, 0) is 68.7 Å². The molecule has 1 heterocycles. The molecule has 13 amide bonds. The highest BCUT2D eigenvalue weighted by atomic mass is 16.4. The number of carboxylic acid groups (broad SMARTS) is 1. The van der Waals surface area contributed by atoms with E-state index in [0.717, 1.165) is 51.4 Å². The molecule has 28 heteroatoms. The quantitative estimate of drug-likeness (QED) is 0.0571. The van der Waals surface area contributed by atoms with Crippen molar-refractivity contribution in [3.63, 3.8) is 0 Å². The molecule has 0 saturated carbocycles. The number of carbonyl (C=O) groups excluding carboxylic acids is 13. The Bertz CT molecular complexity index is 2440. The molecule has 0 aromatic heterocycles. The number of likely N-dealkylation sites (N-methyl/N-ethyl adjacent to an activating group) is 9. The van der Waals surface area contributed by atoms with Crippen LogP contribution in [0.25, 0.3) is 0 Å². The van der Waals surface area contributed by atoms with Crippen molar-refractivity contribution in [1.82, 2.24) is 60.0 Å². The van der Waals surface area contributed by atoms with Crippen LogP contribution in [0.15, 0.2) is 42.6 Å². The van der Waals surface area contributed by atoms with Crippen molar-refractivity contribution in [2.45, 2.75) is 13.3 Å². The van der Waals surface area contributed by atoms with Crippen molar-refractivity contribution >= 4 is 88.5 Å². The Morgan fingerprint density at radius 1 is 0.467 bits per heavy atom. The lowest BCUT2D eigenvalue weighted by Gasteiger charge is -2.29. The average molecular weight is 1050 g/mol. The maximum absolute atomic E-state index is 13.1. The summed E-state index contributed by atoms with van der Waals surface area (Å²) in [5.74, 6) is -9.26. The van der Waals surface area contributed by atoms with Crippen LogP contribution < -0.4 is 20.9 Å². The summed E-state index contributed by atoms with van der Waals surface area (Å²) >= 11 is 0. The second-order valence-electron chi connectivity index (χ2n) is 17.6. The predicted molar refractivity (Wildman–Crippen MR) is 266 cm³/mol. The van der Waals surface area contributed by atoms with Crippen LogP contribution in [0, 0.1) is 0 Å². The number of nitrogens with zero attached hydrogens (tertiary/aromatic N) is 10. The first-order valence-corrected chi connectivity index (χ1v) is 23.0. The highest BCUT2D eigenvalue weighted by Crippen LogP contribution is 2.23. The van der Waals surface area contributed by atoms with E-state index >= 15 is 0 Å². The zero-order valence-electron chi connectivity index (χ0n) is 43.9. The molecule has 0 unspecified atom stereocenters. The van der Waals surface area contributed by atoms with E-state index in [2.05, 4.69) is 22.5 Å². The average Bonchev–Trinajstić information content (AvgIpc) is 3.69. The Morgan fingerprint density at radius 3 is 1.19 bits per heavy atom. The van der Waals surface area contributed by atoms with Gasteiger partial charge in [-0.3, -0.25) is 67.1 Å². The zero-order chi connectivity index (χ0) is 57.0. The lowest BCUT2D eigenvalue weighted by molar-refractivity contribution is -0.146. The van der Waals surface area contributed by atoms with E-state index in [1.807, 2.05) is 0 Å². The van der Waals surface area contributed by atoms with Gasteiger partial charge in [-0.2, -0.15) is 0 Å². The molecule has 0 aliphatic carbocycles. The van der Waals surface area contributed by atoms with E-state index in [4.69, 9.17) is 5.11 Å². The summed E-state index contributed by atoms with van der Waals surface area (Å²) in [7, 11) is 12.3. The molecule has 0 spiro atoms. The third-order valence-corrected chi connectivity index (χ3v) is 11.4. The molecule has 0 fully saturated rings. The van der Waals surface area contributed by atoms with Gasteiger partial charge in [0.05, 0.1) is 77.7 Å². The fourth-order valence-corrected chi connectivity index (χ4v) is 6.43. The third-order valence-electron chi connectivity index (χ3n) is 11.4. The molecule has 1 aromatic carbocycles. The van der Waals surface area contributed by atoms with Gasteiger partial charge in [0, 0.05) is 86.8 Å². The highest BCUT2D eigenvalue weighted by Gasteiger charge is 2.28. The molecule has 1 aromatic rings. The first-order valence-electron chi connectivity index (χ1n) is 23.0. The van der Waals surface area contributed by atoms with Crippen LogP contribution in [0.5, 0.6) is 0 Å². The summed E-state index contributed by atoms with van der Waals surface area (Å²) in [4.78, 5) is 186. The van der Waals surface area contributed by atoms with Crippen LogP contribution in [0.1, 0.15) is 22.8 Å². The molecule has 0 radical (unpaired) electrons. The molecule has 75 heavy (non-hydrogen) atoms. The van der Waals surface area contributed by atoms with E-state index in [9.17, 15) is 67.1 Å². The minimum Gasteiger partial charge on any atom is -0.480 e. The smallest absolute Gasteiger partial charge is 0.323 e. The maximum atomic E-state index is 13.1. The summed E-state index contributed by atoms with van der Waals surface area (Å²) in [5.41, 5.74) is 1.24. The lowest BCUT2D eigenvalue weighted by atomic mass is 10.0. The number of anilines is 1. The standard InChI is InChI=1S/C47H67N13O15/c1-12-31-13-14-32(60-36(63)15-16-37(60)64)17-33(31)47(75)50-19-35(62)48-18-34(61)49-20-38(65)53(5)23-41(68)56(8)26-43(70)55(7)24-40(67)52(4)21-30(2)51(3)22-39(66)54(6)25-42(69)57(9)27-44(71)58(10)28-45(72)59(11)29-46(73)74/h13-17H,2,12,18-29H2,1,3-11H3,(H,48,62)(H,49,61)(H,50,75)(H,73,74). The summed E-state index contributed by atoms with van der Waals surface area (Å²) in [6.45, 7) is 0.689. The maximum Gasteiger partial charge on any atom is 0.323 e. The topological polar surface area (TPSA) is 328 Å². The van der Waals surface area contributed by atoms with Gasteiger partial charge in [0.1, 0.15) is 6.54 Å². The fourth-order valence-electron chi connectivity index (χ4n) is 6.43. The van der Waals surface area contributed by atoms with Gasteiger partial charge in [-0.15, -0.1) is 0 Å². The first kappa shape index (κ1) is 62.4. The van der Waals surface area contributed by atoms with Gasteiger partial charge in [0.25, 0.3) is 17.7 Å². The molecule has 0 bridgehead atoms. The molecular formula is C47H67N13O15. The number of hydrogen-bond acceptors (Lipinski definition) is 15. The van der Waals surface area contributed by atoms with Crippen LogP contribution >= 0.6 is 0 Å². The van der Waals surface area contributed by atoms with E-state index in [0.29, 0.717) is 17.7 Å². The van der Waals surface area contributed by atoms with Gasteiger partial charge < -0.3 is 65.2 Å².